The van der Waals surface area contributed by atoms with Gasteiger partial charge in [-0.15, -0.1) is 10.2 Å². The quantitative estimate of drug-likeness (QED) is 0.353. The molecule has 0 unspecified atom stereocenters. The SMILES string of the molecule is COc1ccc(S(=O)(=O)N(C)c2nc3ccccc3n3c(-c4ccc(F)cc4)nnc23)cc1OC. The van der Waals surface area contributed by atoms with Crippen LogP contribution in [0.1, 0.15) is 0 Å². The van der Waals surface area contributed by atoms with Gasteiger partial charge >= 0.3 is 0 Å². The number of hydrogen-bond acceptors (Lipinski definition) is 7. The number of methoxy groups -OCH3 is 2. The number of nitrogens with zero attached hydrogens (tertiary/aromatic N) is 5. The number of rotatable bonds is 6. The topological polar surface area (TPSA) is 98.9 Å². The number of halogens is 1. The summed E-state index contributed by atoms with van der Waals surface area (Å²) in [6.45, 7) is 0. The van der Waals surface area contributed by atoms with E-state index in [9.17, 15) is 12.8 Å². The first kappa shape index (κ1) is 22.5. The van der Waals surface area contributed by atoms with E-state index in [1.165, 1.54) is 51.6 Å². The maximum Gasteiger partial charge on any atom is 0.265 e. The molecule has 0 aliphatic heterocycles. The number of aromatic nitrogens is 4. The average Bonchev–Trinajstić information content (AvgIpc) is 3.33. The maximum atomic E-state index is 13.6. The van der Waals surface area contributed by atoms with Crippen molar-refractivity contribution < 1.29 is 22.3 Å². The number of fused-ring (bicyclic) bond motifs is 3. The van der Waals surface area contributed by atoms with Gasteiger partial charge < -0.3 is 9.47 Å². The maximum absolute atomic E-state index is 13.6. The van der Waals surface area contributed by atoms with E-state index in [2.05, 4.69) is 15.2 Å². The highest BCUT2D eigenvalue weighted by molar-refractivity contribution is 7.92. The van der Waals surface area contributed by atoms with Gasteiger partial charge in [-0.1, -0.05) is 12.1 Å². The molecule has 0 fully saturated rings. The second-order valence-corrected chi connectivity index (χ2v) is 9.57. The van der Waals surface area contributed by atoms with Crippen molar-refractivity contribution in [1.29, 1.82) is 0 Å². The standard InChI is InChI=1S/C24H20FN5O4S/c1-29(35(31,32)17-12-13-20(33-2)21(14-17)34-3)23-24-28-27-22(15-8-10-16(25)11-9-15)30(24)19-7-5-4-6-18(19)26-23/h4-14H,1-3H3. The summed E-state index contributed by atoms with van der Waals surface area (Å²) in [6.07, 6.45) is 0. The highest BCUT2D eigenvalue weighted by atomic mass is 32.2. The summed E-state index contributed by atoms with van der Waals surface area (Å²) in [5.41, 5.74) is 2.06. The molecule has 0 amide bonds. The first-order valence-corrected chi connectivity index (χ1v) is 11.9. The van der Waals surface area contributed by atoms with Crippen LogP contribution in [0.4, 0.5) is 10.2 Å². The zero-order valence-electron chi connectivity index (χ0n) is 19.0. The molecule has 0 aliphatic carbocycles. The minimum Gasteiger partial charge on any atom is -0.493 e. The van der Waals surface area contributed by atoms with Crippen LogP contribution >= 0.6 is 0 Å². The Bertz CT molecular complexity index is 1670. The van der Waals surface area contributed by atoms with Gasteiger partial charge in [-0.2, -0.15) is 0 Å². The molecule has 0 radical (unpaired) electrons. The molecule has 3 aromatic carbocycles. The molecule has 9 nitrogen and oxygen atoms in total. The van der Waals surface area contributed by atoms with Crippen LogP contribution in [0.3, 0.4) is 0 Å². The van der Waals surface area contributed by atoms with Crippen molar-refractivity contribution in [2.45, 2.75) is 4.90 Å². The molecular formula is C24H20FN5O4S. The van der Waals surface area contributed by atoms with Gasteiger partial charge in [0, 0.05) is 18.7 Å². The van der Waals surface area contributed by atoms with Gasteiger partial charge in [0.2, 0.25) is 5.65 Å². The summed E-state index contributed by atoms with van der Waals surface area (Å²) in [7, 11) is 0.232. The number of anilines is 1. The minimum atomic E-state index is -4.07. The molecule has 5 aromatic rings. The van der Waals surface area contributed by atoms with E-state index in [1.54, 1.807) is 28.7 Å². The smallest absolute Gasteiger partial charge is 0.265 e. The molecular weight excluding hydrogens is 473 g/mol. The Morgan fingerprint density at radius 2 is 1.63 bits per heavy atom. The largest absolute Gasteiger partial charge is 0.493 e. The van der Waals surface area contributed by atoms with Crippen LogP contribution in [0.5, 0.6) is 11.5 Å². The monoisotopic (exact) mass is 493 g/mol. The lowest BCUT2D eigenvalue weighted by Crippen LogP contribution is -2.28. The Kier molecular flexibility index (Phi) is 5.48. The lowest BCUT2D eigenvalue weighted by Gasteiger charge is -2.20. The summed E-state index contributed by atoms with van der Waals surface area (Å²) in [6, 6.07) is 17.4. The third-order valence-electron chi connectivity index (χ3n) is 5.63. The van der Waals surface area contributed by atoms with E-state index in [1.807, 2.05) is 12.1 Å². The Morgan fingerprint density at radius 3 is 2.34 bits per heavy atom. The molecule has 0 saturated carbocycles. The molecule has 0 saturated heterocycles. The van der Waals surface area contributed by atoms with Crippen LogP contribution in [0.15, 0.2) is 71.6 Å². The van der Waals surface area contributed by atoms with Gasteiger partial charge in [0.05, 0.1) is 30.1 Å². The highest BCUT2D eigenvalue weighted by Gasteiger charge is 2.28. The van der Waals surface area contributed by atoms with Gasteiger partial charge in [0.1, 0.15) is 5.82 Å². The normalized spacial score (nSPS) is 11.7. The van der Waals surface area contributed by atoms with E-state index >= 15 is 0 Å². The molecule has 2 heterocycles. The predicted molar refractivity (Wildman–Crippen MR) is 129 cm³/mol. The van der Waals surface area contributed by atoms with Crippen LogP contribution < -0.4 is 13.8 Å². The molecule has 178 valence electrons. The van der Waals surface area contributed by atoms with Crippen molar-refractivity contribution in [3.63, 3.8) is 0 Å². The first-order chi connectivity index (χ1) is 16.8. The van der Waals surface area contributed by atoms with Crippen molar-refractivity contribution in [2.24, 2.45) is 0 Å². The summed E-state index contributed by atoms with van der Waals surface area (Å²) in [4.78, 5) is 4.59. The number of ether oxygens (including phenoxy) is 2. The number of benzene rings is 3. The number of hydrogen-bond donors (Lipinski definition) is 0. The number of sulfonamides is 1. The molecule has 0 spiro atoms. The second kappa shape index (κ2) is 8.51. The van der Waals surface area contributed by atoms with Gasteiger partial charge in [-0.05, 0) is 48.5 Å². The van der Waals surface area contributed by atoms with Crippen LogP contribution in [-0.2, 0) is 10.0 Å². The van der Waals surface area contributed by atoms with Crippen molar-refractivity contribution in [2.75, 3.05) is 25.6 Å². The molecule has 0 atom stereocenters. The lowest BCUT2D eigenvalue weighted by molar-refractivity contribution is 0.354. The van der Waals surface area contributed by atoms with E-state index in [0.29, 0.717) is 28.2 Å². The third-order valence-corrected chi connectivity index (χ3v) is 7.37. The fraction of sp³-hybridized carbons (Fsp3) is 0.125. The first-order valence-electron chi connectivity index (χ1n) is 10.5. The van der Waals surface area contributed by atoms with Crippen molar-refractivity contribution in [3.8, 4) is 22.9 Å². The Labute approximate surface area is 200 Å². The fourth-order valence-corrected chi connectivity index (χ4v) is 4.98. The van der Waals surface area contributed by atoms with Gasteiger partial charge in [0.15, 0.2) is 23.1 Å². The molecule has 0 N–H and O–H groups in total. The van der Waals surface area contributed by atoms with Crippen LogP contribution in [0.2, 0.25) is 0 Å². The van der Waals surface area contributed by atoms with E-state index < -0.39 is 10.0 Å². The summed E-state index contributed by atoms with van der Waals surface area (Å²) >= 11 is 0. The van der Waals surface area contributed by atoms with Gasteiger partial charge in [-0.3, -0.25) is 4.40 Å². The molecule has 35 heavy (non-hydrogen) atoms. The molecule has 5 rings (SSSR count). The molecule has 0 bridgehead atoms. The fourth-order valence-electron chi connectivity index (χ4n) is 3.82. The summed E-state index contributed by atoms with van der Waals surface area (Å²) in [5.74, 6) is 0.813. The van der Waals surface area contributed by atoms with E-state index in [-0.39, 0.29) is 27.9 Å². The zero-order chi connectivity index (χ0) is 24.7. The van der Waals surface area contributed by atoms with Crippen molar-refractivity contribution in [3.05, 3.63) is 72.5 Å². The Morgan fingerprint density at radius 1 is 0.914 bits per heavy atom. The van der Waals surface area contributed by atoms with Crippen LogP contribution in [0, 0.1) is 5.82 Å². The van der Waals surface area contributed by atoms with Crippen molar-refractivity contribution in [1.82, 2.24) is 19.6 Å². The van der Waals surface area contributed by atoms with E-state index in [4.69, 9.17) is 9.47 Å². The molecule has 0 aliphatic rings. The average molecular weight is 494 g/mol. The zero-order valence-corrected chi connectivity index (χ0v) is 19.8. The van der Waals surface area contributed by atoms with Gasteiger partial charge in [0.25, 0.3) is 10.0 Å². The van der Waals surface area contributed by atoms with Crippen LogP contribution in [-0.4, -0.2) is 49.3 Å². The summed E-state index contributed by atoms with van der Waals surface area (Å²) in [5, 5.41) is 8.55. The van der Waals surface area contributed by atoms with Crippen LogP contribution in [0.25, 0.3) is 28.1 Å². The van der Waals surface area contributed by atoms with Crippen molar-refractivity contribution >= 4 is 32.5 Å². The van der Waals surface area contributed by atoms with Gasteiger partial charge in [-0.25, -0.2) is 22.1 Å². The predicted octanol–water partition coefficient (Wildman–Crippen LogP) is 3.93. The lowest BCUT2D eigenvalue weighted by atomic mass is 10.2. The molecule has 11 heteroatoms. The van der Waals surface area contributed by atoms with E-state index in [0.717, 1.165) is 4.31 Å². The number of para-hydroxylation sites is 2. The summed E-state index contributed by atoms with van der Waals surface area (Å²) < 4.78 is 53.9. The third kappa shape index (κ3) is 3.69. The highest BCUT2D eigenvalue weighted by Crippen LogP contribution is 2.34. The second-order valence-electron chi connectivity index (χ2n) is 7.60. The Balaban J connectivity index is 1.72. The molecule has 2 aromatic heterocycles. The Hall–Kier alpha value is -4.25. The minimum absolute atomic E-state index is 0.0102.